The van der Waals surface area contributed by atoms with Gasteiger partial charge in [0.15, 0.2) is 34.9 Å². The highest BCUT2D eigenvalue weighted by molar-refractivity contribution is 5.85. The lowest BCUT2D eigenvalue weighted by molar-refractivity contribution is 0.195. The van der Waals surface area contributed by atoms with E-state index < -0.39 is 34.9 Å². The zero-order chi connectivity index (χ0) is 85.2. The fourth-order valence-corrected chi connectivity index (χ4v) is 17.4. The van der Waals surface area contributed by atoms with E-state index in [-0.39, 0.29) is 69.6 Å². The standard InChI is InChI=1S/3C30H38F2N8/c3*1-6-25(39-12-8-11-38(7-2)13-14-39)21-9-10-27(33-17-21)36-30-34-18-24(32)28(37-30)22-15-23(31)29-26(16-22)40(19(3)4)20(5)35-29/h3*9-10,15-19,25H,6-8,11-14H2,1-5H3,(H,33,34,36,37)/t2*25-;/m10./s1. The number of aryl methyl sites for hydroxylation is 3. The highest BCUT2D eigenvalue weighted by Crippen LogP contribution is 2.37. The smallest absolute Gasteiger partial charge is 0.229 e. The minimum Gasteiger partial charge on any atom is -0.326 e. The van der Waals surface area contributed by atoms with Crippen LogP contribution in [0, 0.1) is 55.7 Å². The van der Waals surface area contributed by atoms with Crippen LogP contribution in [0.2, 0.25) is 0 Å². The lowest BCUT2D eigenvalue weighted by atomic mass is 10.0. The Kier molecular flexibility index (Phi) is 28.6. The van der Waals surface area contributed by atoms with Crippen molar-refractivity contribution in [3.63, 3.8) is 0 Å². The van der Waals surface area contributed by atoms with Crippen molar-refractivity contribution < 1.29 is 26.3 Å². The molecule has 120 heavy (non-hydrogen) atoms. The van der Waals surface area contributed by atoms with Crippen LogP contribution in [0.15, 0.2) is 110 Å². The van der Waals surface area contributed by atoms with Crippen molar-refractivity contribution in [3.8, 4) is 33.8 Å². The summed E-state index contributed by atoms with van der Waals surface area (Å²) in [5.41, 5.74) is 7.10. The van der Waals surface area contributed by atoms with Crippen LogP contribution in [0.1, 0.15) is 192 Å². The Morgan fingerprint density at radius 3 is 0.825 bits per heavy atom. The first-order chi connectivity index (χ1) is 57.8. The van der Waals surface area contributed by atoms with E-state index in [9.17, 15) is 13.2 Å². The summed E-state index contributed by atoms with van der Waals surface area (Å²) >= 11 is 0. The third kappa shape index (κ3) is 19.9. The molecule has 30 heteroatoms. The molecule has 3 fully saturated rings. The number of fused-ring (bicyclic) bond motifs is 3. The molecule has 3 atom stereocenters. The molecule has 0 saturated carbocycles. The molecule has 3 saturated heterocycles. The van der Waals surface area contributed by atoms with Gasteiger partial charge >= 0.3 is 0 Å². The number of rotatable bonds is 24. The first-order valence-corrected chi connectivity index (χ1v) is 42.6. The molecule has 0 bridgehead atoms. The minimum absolute atomic E-state index is 0.0115. The SMILES string of the molecule is CCC(c1ccc(Nc2ncc(F)c(-c3cc(F)c4nc(C)n(C(C)C)c4c3)n2)nc1)N1CCCN(CC)CC1.CC[C@@H](c1ccc(Nc2ncc(F)c(-c3cc(F)c4nc(C)n(C(C)C)c4c3)n2)nc1)N1CCCN(CC)CC1.CC[C@H](c1ccc(Nc2ncc(F)c(-c3cc(F)c4nc(C)n(C(C)C)c4c3)n2)nc1)N1CCCN(CC)CC1. The molecule has 1 unspecified atom stereocenters. The maximum atomic E-state index is 15.0. The molecule has 15 rings (SSSR count). The summed E-state index contributed by atoms with van der Waals surface area (Å²) in [6, 6.07) is 22.1. The Hall–Kier alpha value is -10.5. The Morgan fingerprint density at radius 1 is 0.317 bits per heavy atom. The summed E-state index contributed by atoms with van der Waals surface area (Å²) in [5.74, 6) is 0.865. The largest absolute Gasteiger partial charge is 0.326 e. The van der Waals surface area contributed by atoms with Gasteiger partial charge < -0.3 is 44.4 Å². The number of imidazole rings is 3. The second-order valence-electron chi connectivity index (χ2n) is 32.1. The van der Waals surface area contributed by atoms with Crippen LogP contribution >= 0.6 is 0 Å². The lowest BCUT2D eigenvalue weighted by Gasteiger charge is -2.30. The third-order valence-electron chi connectivity index (χ3n) is 23.3. The monoisotopic (exact) mass is 1640 g/mol. The van der Waals surface area contributed by atoms with Crippen molar-refractivity contribution in [2.75, 3.05) is 114 Å². The fourth-order valence-electron chi connectivity index (χ4n) is 17.4. The molecule has 0 radical (unpaired) electrons. The molecular weight excluding hydrogens is 1530 g/mol. The molecule has 0 amide bonds. The van der Waals surface area contributed by atoms with Crippen molar-refractivity contribution in [3.05, 3.63) is 179 Å². The summed E-state index contributed by atoms with van der Waals surface area (Å²) in [4.78, 5) is 67.6. The average Bonchev–Trinajstić information content (AvgIpc) is 1.61. The van der Waals surface area contributed by atoms with E-state index in [0.29, 0.717) is 86.3 Å². The van der Waals surface area contributed by atoms with Gasteiger partial charge in [0.05, 0.1) is 35.1 Å². The van der Waals surface area contributed by atoms with Crippen LogP contribution in [0.4, 0.5) is 61.6 Å². The van der Waals surface area contributed by atoms with Gasteiger partial charge in [-0.15, -0.1) is 0 Å². The lowest BCUT2D eigenvalue weighted by Crippen LogP contribution is -2.33. The molecule has 24 nitrogen and oxygen atoms in total. The molecule has 3 aliphatic heterocycles. The van der Waals surface area contributed by atoms with Crippen LogP contribution in [-0.2, 0) is 0 Å². The number of benzene rings is 3. The number of halogens is 6. The van der Waals surface area contributed by atoms with Crippen molar-refractivity contribution in [2.24, 2.45) is 0 Å². The Morgan fingerprint density at radius 2 is 0.592 bits per heavy atom. The maximum absolute atomic E-state index is 15.0. The van der Waals surface area contributed by atoms with Gasteiger partial charge in [-0.25, -0.2) is 86.2 Å². The Bertz CT molecular complexity index is 4930. The number of nitrogens with zero attached hydrogens (tertiary/aromatic N) is 21. The highest BCUT2D eigenvalue weighted by atomic mass is 19.1. The molecule has 12 aromatic rings. The van der Waals surface area contributed by atoms with Gasteiger partial charge in [-0.1, -0.05) is 59.7 Å². The predicted octanol–water partition coefficient (Wildman–Crippen LogP) is 18.8. The number of aromatic nitrogens is 15. The summed E-state index contributed by atoms with van der Waals surface area (Å²) in [6.07, 6.45) is 15.5. The molecule has 9 aromatic heterocycles. The van der Waals surface area contributed by atoms with Gasteiger partial charge in [-0.2, -0.15) is 0 Å². The van der Waals surface area contributed by atoms with Crippen molar-refractivity contribution in [2.45, 2.75) is 179 Å². The molecular formula is C90H114F6N24. The molecule has 12 heterocycles. The van der Waals surface area contributed by atoms with E-state index in [1.165, 1.54) is 34.9 Å². The summed E-state index contributed by atoms with van der Waals surface area (Å²) in [5, 5.41) is 9.25. The summed E-state index contributed by atoms with van der Waals surface area (Å²) < 4.78 is 95.6. The number of anilines is 6. The van der Waals surface area contributed by atoms with E-state index in [1.807, 2.05) is 113 Å². The van der Waals surface area contributed by atoms with Gasteiger partial charge in [0, 0.05) is 130 Å². The molecule has 3 aromatic carbocycles. The van der Waals surface area contributed by atoms with E-state index >= 15 is 13.2 Å². The van der Waals surface area contributed by atoms with Crippen LogP contribution in [0.3, 0.4) is 0 Å². The van der Waals surface area contributed by atoms with Crippen LogP contribution in [0.5, 0.6) is 0 Å². The first kappa shape index (κ1) is 87.3. The van der Waals surface area contributed by atoms with Crippen molar-refractivity contribution in [1.82, 2.24) is 103 Å². The molecule has 3 aliphatic rings. The van der Waals surface area contributed by atoms with Gasteiger partial charge in [0.1, 0.15) is 68.6 Å². The predicted molar refractivity (Wildman–Crippen MR) is 464 cm³/mol. The van der Waals surface area contributed by atoms with E-state index in [2.05, 4.69) is 165 Å². The number of hydrogen-bond donors (Lipinski definition) is 3. The second kappa shape index (κ2) is 39.4. The fraction of sp³-hybridized carbons (Fsp3) is 0.467. The van der Waals surface area contributed by atoms with Crippen LogP contribution < -0.4 is 16.0 Å². The minimum atomic E-state index is -0.634. The number of pyridine rings is 3. The highest BCUT2D eigenvalue weighted by Gasteiger charge is 2.29. The van der Waals surface area contributed by atoms with Gasteiger partial charge in [-0.3, -0.25) is 14.7 Å². The van der Waals surface area contributed by atoms with E-state index in [4.69, 9.17) is 0 Å². The van der Waals surface area contributed by atoms with E-state index in [0.717, 1.165) is 155 Å². The zero-order valence-electron chi connectivity index (χ0n) is 71.9. The number of likely N-dealkylation sites (N-methyl/N-ethyl adjacent to an activating group) is 3. The Labute approximate surface area is 699 Å². The van der Waals surface area contributed by atoms with E-state index in [1.54, 1.807) is 18.2 Å². The third-order valence-corrected chi connectivity index (χ3v) is 23.3. The average molecular weight is 1650 g/mol. The second-order valence-corrected chi connectivity index (χ2v) is 32.1. The van der Waals surface area contributed by atoms with Crippen LogP contribution in [0.25, 0.3) is 66.9 Å². The number of hydrogen-bond acceptors (Lipinski definition) is 21. The summed E-state index contributed by atoms with van der Waals surface area (Å²) in [7, 11) is 0. The van der Waals surface area contributed by atoms with Gasteiger partial charge in [-0.05, 0) is 211 Å². The van der Waals surface area contributed by atoms with Gasteiger partial charge in [0.25, 0.3) is 0 Å². The molecule has 0 aliphatic carbocycles. The van der Waals surface area contributed by atoms with Crippen molar-refractivity contribution in [1.29, 1.82) is 0 Å². The van der Waals surface area contributed by atoms with Crippen LogP contribution in [-0.4, -0.2) is 201 Å². The summed E-state index contributed by atoms with van der Waals surface area (Å²) in [6.45, 7) is 47.1. The molecule has 636 valence electrons. The molecule has 3 N–H and O–H groups in total. The Balaban J connectivity index is 0.000000156. The zero-order valence-corrected chi connectivity index (χ0v) is 71.9. The van der Waals surface area contributed by atoms with Gasteiger partial charge in [0.2, 0.25) is 17.8 Å². The van der Waals surface area contributed by atoms with Crippen molar-refractivity contribution >= 4 is 68.4 Å². The normalized spacial score (nSPS) is 16.0. The maximum Gasteiger partial charge on any atom is 0.229 e. The quantitative estimate of drug-likeness (QED) is 0.0478. The first-order valence-electron chi connectivity index (χ1n) is 42.6. The number of nitrogens with one attached hydrogen (secondary N) is 3. The topological polar surface area (TPSA) is 225 Å². The molecule has 0 spiro atoms.